The van der Waals surface area contributed by atoms with Crippen molar-refractivity contribution in [2.75, 3.05) is 20.1 Å². The topological polar surface area (TPSA) is 61.8 Å². The number of nitrogens with one attached hydrogen (secondary N) is 1. The van der Waals surface area contributed by atoms with E-state index in [0.717, 1.165) is 0 Å². The third-order valence-electron chi connectivity index (χ3n) is 2.59. The van der Waals surface area contributed by atoms with E-state index in [2.05, 4.69) is 5.32 Å². The van der Waals surface area contributed by atoms with Crippen LogP contribution in [0.2, 0.25) is 0 Å². The number of carbonyl (C=O) groups excluding carboxylic acids is 1. The highest BCUT2D eigenvalue weighted by atomic mass is 19.1. The van der Waals surface area contributed by atoms with Crippen LogP contribution in [-0.4, -0.2) is 48.4 Å². The van der Waals surface area contributed by atoms with Gasteiger partial charge in [-0.1, -0.05) is 12.1 Å². The van der Waals surface area contributed by atoms with Crippen molar-refractivity contribution in [2.24, 2.45) is 0 Å². The molecule has 0 saturated carbocycles. The highest BCUT2D eigenvalue weighted by Gasteiger charge is 2.13. The van der Waals surface area contributed by atoms with Crippen molar-refractivity contribution in [3.63, 3.8) is 0 Å². The van der Waals surface area contributed by atoms with Crippen molar-refractivity contribution >= 4 is 6.03 Å². The molecule has 0 aliphatic rings. The normalized spacial score (nSPS) is 13.4. The summed E-state index contributed by atoms with van der Waals surface area (Å²) in [6.07, 6.45) is -0.950. The van der Waals surface area contributed by atoms with Crippen LogP contribution < -0.4 is 10.1 Å². The minimum absolute atomic E-state index is 0.159. The van der Waals surface area contributed by atoms with Crippen LogP contribution in [-0.2, 0) is 0 Å². The van der Waals surface area contributed by atoms with Crippen LogP contribution in [0.25, 0.3) is 0 Å². The Labute approximate surface area is 118 Å². The molecule has 2 N–H and O–H groups in total. The summed E-state index contributed by atoms with van der Waals surface area (Å²) in [4.78, 5) is 13.1. The molecule has 2 amide bonds. The minimum atomic E-state index is -0.585. The van der Waals surface area contributed by atoms with Crippen molar-refractivity contribution < 1.29 is 19.0 Å². The molecule has 0 bridgehead atoms. The molecule has 0 aliphatic carbocycles. The van der Waals surface area contributed by atoms with E-state index in [0.29, 0.717) is 0 Å². The van der Waals surface area contributed by atoms with Gasteiger partial charge in [-0.25, -0.2) is 9.18 Å². The molecule has 0 aliphatic heterocycles. The lowest BCUT2D eigenvalue weighted by Crippen LogP contribution is -2.43. The molecule has 20 heavy (non-hydrogen) atoms. The fourth-order valence-electron chi connectivity index (χ4n) is 1.64. The Kier molecular flexibility index (Phi) is 6.24. The first kappa shape index (κ1) is 16.2. The molecule has 2 unspecified atom stereocenters. The largest absolute Gasteiger partial charge is 0.486 e. The summed E-state index contributed by atoms with van der Waals surface area (Å²) in [5.74, 6) is -0.275. The Morgan fingerprint density at radius 1 is 1.45 bits per heavy atom. The molecule has 1 aromatic rings. The molecule has 2 atom stereocenters. The monoisotopic (exact) mass is 284 g/mol. The number of likely N-dealkylation sites (N-methyl/N-ethyl adjacent to an activating group) is 1. The van der Waals surface area contributed by atoms with Crippen molar-refractivity contribution in [1.29, 1.82) is 0 Å². The smallest absolute Gasteiger partial charge is 0.317 e. The average molecular weight is 284 g/mol. The standard InChI is InChI=1S/C14H21FN2O3/c1-10(18)9-17(3)14(19)16-8-11(2)20-13-7-5-4-6-12(13)15/h4-7,10-11,18H,8-9H2,1-3H3,(H,16,19). The van der Waals surface area contributed by atoms with Crippen molar-refractivity contribution in [2.45, 2.75) is 26.1 Å². The number of urea groups is 1. The van der Waals surface area contributed by atoms with E-state index in [1.807, 2.05) is 0 Å². The van der Waals surface area contributed by atoms with Gasteiger partial charge >= 0.3 is 6.03 Å². The Balaban J connectivity index is 2.38. The van der Waals surface area contributed by atoms with E-state index in [4.69, 9.17) is 4.74 Å². The zero-order chi connectivity index (χ0) is 15.1. The van der Waals surface area contributed by atoms with Gasteiger partial charge in [-0.05, 0) is 26.0 Å². The fraction of sp³-hybridized carbons (Fsp3) is 0.500. The number of amides is 2. The Morgan fingerprint density at radius 3 is 2.70 bits per heavy atom. The van der Waals surface area contributed by atoms with E-state index in [1.165, 1.54) is 17.0 Å². The molecule has 0 heterocycles. The number of aliphatic hydroxyl groups is 1. The van der Waals surface area contributed by atoms with Crippen LogP contribution in [0.4, 0.5) is 9.18 Å². The quantitative estimate of drug-likeness (QED) is 0.834. The third-order valence-corrected chi connectivity index (χ3v) is 2.59. The van der Waals surface area contributed by atoms with Crippen LogP contribution in [0.5, 0.6) is 5.75 Å². The number of aliphatic hydroxyl groups excluding tert-OH is 1. The molecule has 0 aromatic heterocycles. The second kappa shape index (κ2) is 7.69. The van der Waals surface area contributed by atoms with Gasteiger partial charge in [0.25, 0.3) is 0 Å². The highest BCUT2D eigenvalue weighted by Crippen LogP contribution is 2.16. The van der Waals surface area contributed by atoms with Crippen LogP contribution in [0.15, 0.2) is 24.3 Å². The molecule has 1 aromatic carbocycles. The molecule has 112 valence electrons. The minimum Gasteiger partial charge on any atom is -0.486 e. The number of nitrogens with zero attached hydrogens (tertiary/aromatic N) is 1. The first-order valence-corrected chi connectivity index (χ1v) is 6.48. The molecule has 0 spiro atoms. The molecule has 1 rings (SSSR count). The summed E-state index contributed by atoms with van der Waals surface area (Å²) in [6, 6.07) is 5.80. The number of ether oxygens (including phenoxy) is 1. The van der Waals surface area contributed by atoms with Gasteiger partial charge in [0, 0.05) is 13.6 Å². The molecule has 0 saturated heterocycles. The van der Waals surface area contributed by atoms with Gasteiger partial charge in [0.2, 0.25) is 0 Å². The maximum Gasteiger partial charge on any atom is 0.317 e. The van der Waals surface area contributed by atoms with E-state index in [9.17, 15) is 14.3 Å². The number of benzene rings is 1. The van der Waals surface area contributed by atoms with Crippen molar-refractivity contribution in [3.8, 4) is 5.75 Å². The second-order valence-corrected chi connectivity index (χ2v) is 4.77. The molecular weight excluding hydrogens is 263 g/mol. The summed E-state index contributed by atoms with van der Waals surface area (Å²) in [6.45, 7) is 3.83. The average Bonchev–Trinajstić information content (AvgIpc) is 2.38. The van der Waals surface area contributed by atoms with Gasteiger partial charge in [-0.2, -0.15) is 0 Å². The summed E-state index contributed by atoms with van der Waals surface area (Å²) in [5.41, 5.74) is 0. The molecular formula is C14H21FN2O3. The number of para-hydroxylation sites is 1. The predicted molar refractivity (Wildman–Crippen MR) is 74.2 cm³/mol. The van der Waals surface area contributed by atoms with Crippen LogP contribution in [0.1, 0.15) is 13.8 Å². The van der Waals surface area contributed by atoms with E-state index < -0.39 is 11.9 Å². The maximum absolute atomic E-state index is 13.4. The number of halogens is 1. The lowest BCUT2D eigenvalue weighted by Gasteiger charge is -2.21. The van der Waals surface area contributed by atoms with Gasteiger partial charge in [-0.15, -0.1) is 0 Å². The highest BCUT2D eigenvalue weighted by molar-refractivity contribution is 5.73. The molecule has 0 fully saturated rings. The fourth-order valence-corrected chi connectivity index (χ4v) is 1.64. The van der Waals surface area contributed by atoms with Gasteiger partial charge in [0.1, 0.15) is 6.10 Å². The van der Waals surface area contributed by atoms with Gasteiger partial charge < -0.3 is 20.1 Å². The zero-order valence-electron chi connectivity index (χ0n) is 12.0. The first-order chi connectivity index (χ1) is 9.40. The summed E-state index contributed by atoms with van der Waals surface area (Å²) < 4.78 is 18.8. The number of hydrogen-bond donors (Lipinski definition) is 2. The number of carbonyl (C=O) groups is 1. The van der Waals surface area contributed by atoms with Crippen LogP contribution in [0.3, 0.4) is 0 Å². The Hall–Kier alpha value is -1.82. The number of hydrogen-bond acceptors (Lipinski definition) is 3. The predicted octanol–water partition coefficient (Wildman–Crippen LogP) is 1.62. The number of rotatable bonds is 6. The lowest BCUT2D eigenvalue weighted by molar-refractivity contribution is 0.140. The Morgan fingerprint density at radius 2 is 2.10 bits per heavy atom. The molecule has 6 heteroatoms. The summed E-state index contributed by atoms with van der Waals surface area (Å²) in [5, 5.41) is 11.8. The molecule has 5 nitrogen and oxygen atoms in total. The summed E-state index contributed by atoms with van der Waals surface area (Å²) >= 11 is 0. The second-order valence-electron chi connectivity index (χ2n) is 4.77. The van der Waals surface area contributed by atoms with Gasteiger partial charge in [0.05, 0.1) is 12.6 Å². The van der Waals surface area contributed by atoms with Gasteiger partial charge in [-0.3, -0.25) is 0 Å². The zero-order valence-corrected chi connectivity index (χ0v) is 12.0. The van der Waals surface area contributed by atoms with E-state index >= 15 is 0 Å². The summed E-state index contributed by atoms with van der Waals surface area (Å²) in [7, 11) is 1.59. The third kappa shape index (κ3) is 5.44. The van der Waals surface area contributed by atoms with E-state index in [1.54, 1.807) is 33.0 Å². The lowest BCUT2D eigenvalue weighted by atomic mass is 10.3. The first-order valence-electron chi connectivity index (χ1n) is 6.48. The van der Waals surface area contributed by atoms with E-state index in [-0.39, 0.29) is 31.0 Å². The van der Waals surface area contributed by atoms with Crippen LogP contribution >= 0.6 is 0 Å². The van der Waals surface area contributed by atoms with Gasteiger partial charge in [0.15, 0.2) is 11.6 Å². The SMILES string of the molecule is CC(O)CN(C)C(=O)NCC(C)Oc1ccccc1F. The van der Waals surface area contributed by atoms with Crippen molar-refractivity contribution in [1.82, 2.24) is 10.2 Å². The maximum atomic E-state index is 13.4. The van der Waals surface area contributed by atoms with Crippen molar-refractivity contribution in [3.05, 3.63) is 30.1 Å². The molecule has 0 radical (unpaired) electrons. The van der Waals surface area contributed by atoms with Crippen LogP contribution in [0, 0.1) is 5.82 Å². The Bertz CT molecular complexity index is 440.